The summed E-state index contributed by atoms with van der Waals surface area (Å²) in [6.07, 6.45) is 0.231. The standard InChI is InChI=1S/C27H27N5O6S2/c1-16(33)29-20-7-10-22(11-8-20)40(35,36)32-24(27-30-23-12-9-21(37-3)15-25(23)39-27)14-18-5-4-6-19(13-18)26(28)31-38-17(2)34/h4-13,15,24,32H,14H2,1-3H3,(H2,28,31)(H,29,33). The van der Waals surface area contributed by atoms with Crippen molar-refractivity contribution in [1.82, 2.24) is 9.71 Å². The molecule has 1 atom stereocenters. The second-order valence-electron chi connectivity index (χ2n) is 8.73. The number of hydrogen-bond donors (Lipinski definition) is 3. The highest BCUT2D eigenvalue weighted by Crippen LogP contribution is 2.32. The summed E-state index contributed by atoms with van der Waals surface area (Å²) >= 11 is 1.35. The van der Waals surface area contributed by atoms with Crippen LogP contribution < -0.4 is 20.5 Å². The molecule has 3 aromatic carbocycles. The minimum atomic E-state index is -3.99. The summed E-state index contributed by atoms with van der Waals surface area (Å²) in [6, 6.07) is 17.6. The minimum Gasteiger partial charge on any atom is -0.497 e. The molecule has 208 valence electrons. The van der Waals surface area contributed by atoms with Gasteiger partial charge in [0.25, 0.3) is 0 Å². The first kappa shape index (κ1) is 28.7. The van der Waals surface area contributed by atoms with Gasteiger partial charge in [-0.2, -0.15) is 0 Å². The summed E-state index contributed by atoms with van der Waals surface area (Å²) in [5, 5.41) is 6.79. The Morgan fingerprint density at radius 3 is 2.50 bits per heavy atom. The lowest BCUT2D eigenvalue weighted by atomic mass is 10.0. The maximum Gasteiger partial charge on any atom is 0.332 e. The first-order chi connectivity index (χ1) is 19.0. The van der Waals surface area contributed by atoms with Crippen LogP contribution in [0, 0.1) is 0 Å². The third-order valence-corrected chi connectivity index (χ3v) is 8.25. The summed E-state index contributed by atoms with van der Waals surface area (Å²) < 4.78 is 35.8. The Kier molecular flexibility index (Phi) is 8.77. The average molecular weight is 582 g/mol. The van der Waals surface area contributed by atoms with E-state index in [1.807, 2.05) is 18.2 Å². The van der Waals surface area contributed by atoms with Crippen molar-refractivity contribution in [2.24, 2.45) is 10.9 Å². The molecule has 11 nitrogen and oxygen atoms in total. The number of benzene rings is 3. The largest absolute Gasteiger partial charge is 0.497 e. The smallest absolute Gasteiger partial charge is 0.332 e. The SMILES string of the molecule is COc1ccc2nc(C(Cc3cccc(/C(N)=N\OC(C)=O)c3)NS(=O)(=O)c3ccc(NC(C)=O)cc3)sc2c1. The molecule has 4 N–H and O–H groups in total. The lowest BCUT2D eigenvalue weighted by Crippen LogP contribution is -2.30. The summed E-state index contributed by atoms with van der Waals surface area (Å²) in [5.41, 5.74) is 8.39. The predicted octanol–water partition coefficient (Wildman–Crippen LogP) is 3.71. The fourth-order valence-corrected chi connectivity index (χ4v) is 6.14. The van der Waals surface area contributed by atoms with E-state index in [4.69, 9.17) is 15.5 Å². The van der Waals surface area contributed by atoms with E-state index in [1.54, 1.807) is 31.4 Å². The van der Waals surface area contributed by atoms with Gasteiger partial charge >= 0.3 is 5.97 Å². The third kappa shape index (κ3) is 7.20. The second-order valence-corrected chi connectivity index (χ2v) is 11.5. The molecule has 0 aliphatic rings. The van der Waals surface area contributed by atoms with Gasteiger partial charge in [0.1, 0.15) is 10.8 Å². The van der Waals surface area contributed by atoms with Gasteiger partial charge in [-0.15, -0.1) is 11.3 Å². The molecule has 0 saturated heterocycles. The van der Waals surface area contributed by atoms with Crippen LogP contribution in [0.4, 0.5) is 5.69 Å². The van der Waals surface area contributed by atoms with Crippen LogP contribution in [0.5, 0.6) is 5.75 Å². The molecule has 13 heteroatoms. The molecule has 1 aromatic heterocycles. The fourth-order valence-electron chi connectivity index (χ4n) is 3.81. The van der Waals surface area contributed by atoms with Crippen molar-refractivity contribution in [2.45, 2.75) is 31.2 Å². The Balaban J connectivity index is 1.69. The van der Waals surface area contributed by atoms with Crippen LogP contribution >= 0.6 is 11.3 Å². The van der Waals surface area contributed by atoms with Crippen molar-refractivity contribution in [1.29, 1.82) is 0 Å². The Hall–Kier alpha value is -4.33. The first-order valence-corrected chi connectivity index (χ1v) is 14.3. The number of carbonyl (C=O) groups is 2. The summed E-state index contributed by atoms with van der Waals surface area (Å²) in [6.45, 7) is 2.58. The van der Waals surface area contributed by atoms with Crippen LogP contribution in [0.15, 0.2) is 76.8 Å². The average Bonchev–Trinajstić information content (AvgIpc) is 3.35. The lowest BCUT2D eigenvalue weighted by Gasteiger charge is -2.18. The zero-order valence-corrected chi connectivity index (χ0v) is 23.5. The van der Waals surface area contributed by atoms with Gasteiger partial charge in [0.2, 0.25) is 15.9 Å². The number of aromatic nitrogens is 1. The predicted molar refractivity (Wildman–Crippen MR) is 153 cm³/mol. The van der Waals surface area contributed by atoms with Crippen LogP contribution in [0.1, 0.15) is 36.0 Å². The molecule has 0 aliphatic heterocycles. The van der Waals surface area contributed by atoms with E-state index < -0.39 is 22.0 Å². The number of carbonyl (C=O) groups excluding carboxylic acids is 2. The molecule has 0 bridgehead atoms. The summed E-state index contributed by atoms with van der Waals surface area (Å²) in [4.78, 5) is 31.8. The van der Waals surface area contributed by atoms with Gasteiger partial charge in [0, 0.05) is 25.1 Å². The molecule has 0 fully saturated rings. The van der Waals surface area contributed by atoms with E-state index in [0.29, 0.717) is 27.5 Å². The molecule has 1 heterocycles. The molecular formula is C27H27N5O6S2. The van der Waals surface area contributed by atoms with E-state index >= 15 is 0 Å². The maximum atomic E-state index is 13.5. The van der Waals surface area contributed by atoms with Crippen molar-refractivity contribution in [2.75, 3.05) is 12.4 Å². The fraction of sp³-hybridized carbons (Fsp3) is 0.185. The number of nitrogens with one attached hydrogen (secondary N) is 2. The van der Waals surface area contributed by atoms with Gasteiger partial charge in [-0.05, 0) is 60.5 Å². The monoisotopic (exact) mass is 581 g/mol. The molecule has 1 unspecified atom stereocenters. The zero-order chi connectivity index (χ0) is 28.9. The number of methoxy groups -OCH3 is 1. The number of amides is 1. The molecule has 1 amide bonds. The number of nitrogens with two attached hydrogens (primary N) is 1. The van der Waals surface area contributed by atoms with Crippen molar-refractivity contribution in [3.63, 3.8) is 0 Å². The van der Waals surface area contributed by atoms with Crippen molar-refractivity contribution >= 4 is 55.0 Å². The molecule has 4 aromatic rings. The molecular weight excluding hydrogens is 554 g/mol. The second kappa shape index (κ2) is 12.2. The number of amidine groups is 1. The number of anilines is 1. The van der Waals surface area contributed by atoms with E-state index in [2.05, 4.69) is 20.0 Å². The number of nitrogens with zero attached hydrogens (tertiary/aromatic N) is 2. The number of rotatable bonds is 10. The minimum absolute atomic E-state index is 0.000484. The van der Waals surface area contributed by atoms with Gasteiger partial charge in [-0.1, -0.05) is 23.4 Å². The van der Waals surface area contributed by atoms with E-state index in [-0.39, 0.29) is 23.1 Å². The van der Waals surface area contributed by atoms with Crippen molar-refractivity contribution < 1.29 is 27.6 Å². The molecule has 0 radical (unpaired) electrons. The van der Waals surface area contributed by atoms with Gasteiger partial charge in [0.15, 0.2) is 5.84 Å². The molecule has 0 spiro atoms. The Bertz CT molecular complexity index is 1680. The number of thiazole rings is 1. The molecule has 4 rings (SSSR count). The highest BCUT2D eigenvalue weighted by Gasteiger charge is 2.25. The van der Waals surface area contributed by atoms with Crippen LogP contribution in [0.25, 0.3) is 10.2 Å². The van der Waals surface area contributed by atoms with Crippen LogP contribution in [-0.2, 0) is 30.9 Å². The van der Waals surface area contributed by atoms with Crippen LogP contribution in [-0.4, -0.2) is 38.2 Å². The summed E-state index contributed by atoms with van der Waals surface area (Å²) in [7, 11) is -2.42. The number of sulfonamides is 1. The van der Waals surface area contributed by atoms with Gasteiger partial charge in [-0.25, -0.2) is 22.9 Å². The zero-order valence-electron chi connectivity index (χ0n) is 21.9. The number of ether oxygens (including phenoxy) is 1. The van der Waals surface area contributed by atoms with Crippen LogP contribution in [0.2, 0.25) is 0 Å². The number of hydrogen-bond acceptors (Lipinski definition) is 9. The maximum absolute atomic E-state index is 13.5. The first-order valence-electron chi connectivity index (χ1n) is 12.0. The third-order valence-electron chi connectivity index (χ3n) is 5.63. The number of oxime groups is 1. The van der Waals surface area contributed by atoms with E-state index in [1.165, 1.54) is 49.4 Å². The van der Waals surface area contributed by atoms with E-state index in [0.717, 1.165) is 10.3 Å². The molecule has 40 heavy (non-hydrogen) atoms. The molecule has 0 saturated carbocycles. The lowest BCUT2D eigenvalue weighted by molar-refractivity contribution is -0.140. The Labute approximate surface area is 235 Å². The van der Waals surface area contributed by atoms with Crippen molar-refractivity contribution in [3.8, 4) is 5.75 Å². The van der Waals surface area contributed by atoms with Gasteiger partial charge in [0.05, 0.1) is 28.3 Å². The topological polar surface area (TPSA) is 162 Å². The Morgan fingerprint density at radius 1 is 1.07 bits per heavy atom. The van der Waals surface area contributed by atoms with E-state index in [9.17, 15) is 18.0 Å². The van der Waals surface area contributed by atoms with Gasteiger partial charge < -0.3 is 20.6 Å². The number of fused-ring (bicyclic) bond motifs is 1. The molecule has 0 aliphatic carbocycles. The Morgan fingerprint density at radius 2 is 1.82 bits per heavy atom. The van der Waals surface area contributed by atoms with Crippen molar-refractivity contribution in [3.05, 3.63) is 82.9 Å². The highest BCUT2D eigenvalue weighted by atomic mass is 32.2. The quantitative estimate of drug-likeness (QED) is 0.110. The summed E-state index contributed by atoms with van der Waals surface area (Å²) in [5.74, 6) is -0.206. The van der Waals surface area contributed by atoms with Gasteiger partial charge in [-0.3, -0.25) is 4.79 Å². The normalized spacial score (nSPS) is 12.6. The van der Waals surface area contributed by atoms with Crippen LogP contribution in [0.3, 0.4) is 0 Å². The highest BCUT2D eigenvalue weighted by molar-refractivity contribution is 7.89.